The Hall–Kier alpha value is -6.72. The van der Waals surface area contributed by atoms with Crippen molar-refractivity contribution >= 4 is 22.1 Å². The molecule has 0 aliphatic carbocycles. The molecule has 0 N–H and O–H groups in total. The van der Waals surface area contributed by atoms with Crippen molar-refractivity contribution in [2.75, 3.05) is 0 Å². The molecule has 0 aliphatic heterocycles. The Labute approximate surface area is 283 Å². The Bertz CT molecular complexity index is 2560. The summed E-state index contributed by atoms with van der Waals surface area (Å²) in [5.74, 6) is 1.72. The summed E-state index contributed by atoms with van der Waals surface area (Å²) in [5, 5.41) is 0.983. The summed E-state index contributed by atoms with van der Waals surface area (Å²) in [6.45, 7) is 0. The van der Waals surface area contributed by atoms with Gasteiger partial charge in [0.1, 0.15) is 11.1 Å². The lowest BCUT2D eigenvalue weighted by Gasteiger charge is -2.09. The average Bonchev–Trinajstić information content (AvgIpc) is 3.57. The molecule has 9 aromatic rings. The molecule has 3 heterocycles. The molecule has 6 aromatic carbocycles. The lowest BCUT2D eigenvalue weighted by atomic mass is 9.98. The van der Waals surface area contributed by atoms with Gasteiger partial charge in [0.15, 0.2) is 23.1 Å². The second-order valence-corrected chi connectivity index (χ2v) is 11.9. The van der Waals surface area contributed by atoms with Crippen LogP contribution in [-0.2, 0) is 0 Å². The number of hydrogen-bond acceptors (Lipinski definition) is 5. The third kappa shape index (κ3) is 5.43. The maximum atomic E-state index is 6.42. The van der Waals surface area contributed by atoms with Crippen molar-refractivity contribution in [3.05, 3.63) is 170 Å². The number of fused-ring (bicyclic) bond motifs is 3. The normalized spacial score (nSPS) is 11.3. The van der Waals surface area contributed by atoms with Crippen LogP contribution in [0.4, 0.5) is 0 Å². The molecule has 9 rings (SSSR count). The van der Waals surface area contributed by atoms with E-state index in [1.165, 1.54) is 11.1 Å². The SMILES string of the molecule is c1ccc(-c2ccc(-c3nc(-c4ccccc4)nc(-c4cnc5c(c4)oc4cccc(-c6ccc(-c7ccccc7)cc6)c45)n3)cc2)cc1. The molecule has 0 saturated carbocycles. The summed E-state index contributed by atoms with van der Waals surface area (Å²) in [6.07, 6.45) is 1.83. The third-order valence-electron chi connectivity index (χ3n) is 8.81. The van der Waals surface area contributed by atoms with Crippen molar-refractivity contribution < 1.29 is 4.42 Å². The molecule has 230 valence electrons. The van der Waals surface area contributed by atoms with E-state index in [-0.39, 0.29) is 0 Å². The molecule has 0 bridgehead atoms. The molecule has 5 heteroatoms. The smallest absolute Gasteiger partial charge is 0.165 e. The lowest BCUT2D eigenvalue weighted by Crippen LogP contribution is -2.00. The Morgan fingerprint density at radius 3 is 1.37 bits per heavy atom. The quantitative estimate of drug-likeness (QED) is 0.183. The van der Waals surface area contributed by atoms with Crippen molar-refractivity contribution in [2.24, 2.45) is 0 Å². The Kier molecular flexibility index (Phi) is 7.06. The molecule has 0 saturated heterocycles. The van der Waals surface area contributed by atoms with Crippen LogP contribution in [0.1, 0.15) is 0 Å². The van der Waals surface area contributed by atoms with Gasteiger partial charge in [-0.2, -0.15) is 0 Å². The first-order valence-electron chi connectivity index (χ1n) is 16.2. The molecule has 0 aliphatic rings. The van der Waals surface area contributed by atoms with Gasteiger partial charge in [0.2, 0.25) is 0 Å². The summed E-state index contributed by atoms with van der Waals surface area (Å²) in [6, 6.07) is 55.8. The Morgan fingerprint density at radius 2 is 0.796 bits per heavy atom. The van der Waals surface area contributed by atoms with Crippen LogP contribution in [0, 0.1) is 0 Å². The second-order valence-electron chi connectivity index (χ2n) is 11.9. The summed E-state index contributed by atoms with van der Waals surface area (Å²) < 4.78 is 6.42. The molecule has 49 heavy (non-hydrogen) atoms. The van der Waals surface area contributed by atoms with Gasteiger partial charge < -0.3 is 4.42 Å². The van der Waals surface area contributed by atoms with Gasteiger partial charge in [0, 0.05) is 22.9 Å². The van der Waals surface area contributed by atoms with E-state index >= 15 is 0 Å². The van der Waals surface area contributed by atoms with E-state index in [4.69, 9.17) is 24.4 Å². The van der Waals surface area contributed by atoms with Crippen LogP contribution < -0.4 is 0 Å². The highest BCUT2D eigenvalue weighted by atomic mass is 16.3. The van der Waals surface area contributed by atoms with Crippen LogP contribution in [-0.4, -0.2) is 19.9 Å². The van der Waals surface area contributed by atoms with E-state index in [9.17, 15) is 0 Å². The first-order chi connectivity index (χ1) is 24.3. The Balaban J connectivity index is 1.13. The van der Waals surface area contributed by atoms with Crippen molar-refractivity contribution in [1.82, 2.24) is 19.9 Å². The van der Waals surface area contributed by atoms with Gasteiger partial charge in [-0.1, -0.05) is 152 Å². The zero-order valence-corrected chi connectivity index (χ0v) is 26.4. The van der Waals surface area contributed by atoms with Gasteiger partial charge in [-0.15, -0.1) is 0 Å². The maximum absolute atomic E-state index is 6.42. The molecule has 0 radical (unpaired) electrons. The highest BCUT2D eigenvalue weighted by molar-refractivity contribution is 6.11. The number of rotatable bonds is 6. The van der Waals surface area contributed by atoms with Crippen LogP contribution in [0.15, 0.2) is 174 Å². The van der Waals surface area contributed by atoms with Crippen molar-refractivity contribution in [1.29, 1.82) is 0 Å². The Morgan fingerprint density at radius 1 is 0.347 bits per heavy atom. The van der Waals surface area contributed by atoms with Crippen LogP contribution in [0.5, 0.6) is 0 Å². The summed E-state index contributed by atoms with van der Waals surface area (Å²) in [7, 11) is 0. The summed E-state index contributed by atoms with van der Waals surface area (Å²) in [5.41, 5.74) is 11.7. The van der Waals surface area contributed by atoms with Gasteiger partial charge in [0.05, 0.1) is 5.39 Å². The van der Waals surface area contributed by atoms with E-state index in [2.05, 4.69) is 91.0 Å². The molecule has 0 unspecified atom stereocenters. The van der Waals surface area contributed by atoms with Crippen LogP contribution in [0.3, 0.4) is 0 Å². The van der Waals surface area contributed by atoms with Crippen LogP contribution in [0.2, 0.25) is 0 Å². The van der Waals surface area contributed by atoms with Gasteiger partial charge in [-0.05, 0) is 45.5 Å². The predicted molar refractivity (Wildman–Crippen MR) is 198 cm³/mol. The molecular formula is C44H28N4O. The zero-order valence-electron chi connectivity index (χ0n) is 26.4. The molecule has 0 atom stereocenters. The van der Waals surface area contributed by atoms with E-state index in [0.29, 0.717) is 23.1 Å². The number of furan rings is 1. The monoisotopic (exact) mass is 628 g/mol. The van der Waals surface area contributed by atoms with Crippen LogP contribution >= 0.6 is 0 Å². The number of hydrogen-bond donors (Lipinski definition) is 0. The second kappa shape index (κ2) is 12.1. The van der Waals surface area contributed by atoms with E-state index in [0.717, 1.165) is 55.4 Å². The van der Waals surface area contributed by atoms with Crippen LogP contribution in [0.25, 0.3) is 89.6 Å². The third-order valence-corrected chi connectivity index (χ3v) is 8.81. The zero-order chi connectivity index (χ0) is 32.6. The lowest BCUT2D eigenvalue weighted by molar-refractivity contribution is 0.668. The predicted octanol–water partition coefficient (Wildman–Crippen LogP) is 11.2. The largest absolute Gasteiger partial charge is 0.454 e. The minimum absolute atomic E-state index is 0.530. The van der Waals surface area contributed by atoms with Gasteiger partial charge >= 0.3 is 0 Å². The number of nitrogens with zero attached hydrogens (tertiary/aromatic N) is 4. The topological polar surface area (TPSA) is 64.7 Å². The van der Waals surface area contributed by atoms with E-state index < -0.39 is 0 Å². The van der Waals surface area contributed by atoms with E-state index in [1.54, 1.807) is 0 Å². The average molecular weight is 629 g/mol. The summed E-state index contributed by atoms with van der Waals surface area (Å²) in [4.78, 5) is 19.7. The number of benzene rings is 6. The fourth-order valence-corrected chi connectivity index (χ4v) is 6.32. The molecule has 3 aromatic heterocycles. The number of aromatic nitrogens is 4. The van der Waals surface area contributed by atoms with Gasteiger partial charge in [-0.3, -0.25) is 4.98 Å². The first-order valence-corrected chi connectivity index (χ1v) is 16.2. The van der Waals surface area contributed by atoms with Gasteiger partial charge in [-0.25, -0.2) is 15.0 Å². The maximum Gasteiger partial charge on any atom is 0.165 e. The fourth-order valence-electron chi connectivity index (χ4n) is 6.32. The van der Waals surface area contributed by atoms with Crippen molar-refractivity contribution in [3.8, 4) is 67.5 Å². The minimum atomic E-state index is 0.530. The van der Waals surface area contributed by atoms with Gasteiger partial charge in [0.25, 0.3) is 0 Å². The standard InChI is InChI=1S/C44H28N4O/c1-4-11-29(12-5-1)31-19-23-33(24-20-31)37-17-10-18-38-40(37)41-39(49-38)27-36(28-45-41)44-47-42(34-15-8-3-9-16-34)46-43(48-44)35-25-21-32(22-26-35)30-13-6-2-7-14-30/h1-28H. The molecular weight excluding hydrogens is 601 g/mol. The van der Waals surface area contributed by atoms with Crippen molar-refractivity contribution in [3.63, 3.8) is 0 Å². The minimum Gasteiger partial charge on any atom is -0.454 e. The highest BCUT2D eigenvalue weighted by Crippen LogP contribution is 2.37. The first kappa shape index (κ1) is 28.5. The molecule has 5 nitrogen and oxygen atoms in total. The van der Waals surface area contributed by atoms with Crippen molar-refractivity contribution in [2.45, 2.75) is 0 Å². The molecule has 0 spiro atoms. The molecule has 0 fully saturated rings. The fraction of sp³-hybridized carbons (Fsp3) is 0. The number of pyridine rings is 1. The highest BCUT2D eigenvalue weighted by Gasteiger charge is 2.17. The molecule has 0 amide bonds. The summed E-state index contributed by atoms with van der Waals surface area (Å²) >= 11 is 0. The van der Waals surface area contributed by atoms with E-state index in [1.807, 2.05) is 79.0 Å².